The quantitative estimate of drug-likeness (QED) is 0.879. The summed E-state index contributed by atoms with van der Waals surface area (Å²) in [6, 6.07) is 2.70. The molecule has 0 aliphatic heterocycles. The van der Waals surface area contributed by atoms with Crippen LogP contribution in [-0.2, 0) is 0 Å². The Bertz CT molecular complexity index is 544. The van der Waals surface area contributed by atoms with Crippen LogP contribution >= 0.6 is 0 Å². The van der Waals surface area contributed by atoms with Crippen molar-refractivity contribution < 1.29 is 14.7 Å². The molecule has 0 saturated heterocycles. The normalized spacial score (nSPS) is 27.5. The molecule has 1 heterocycles. The molecule has 2 aliphatic carbocycles. The van der Waals surface area contributed by atoms with Crippen molar-refractivity contribution in [1.82, 2.24) is 10.3 Å². The number of pyridine rings is 1. The van der Waals surface area contributed by atoms with E-state index in [1.807, 2.05) is 0 Å². The van der Waals surface area contributed by atoms with Crippen molar-refractivity contribution in [1.29, 1.82) is 0 Å². The van der Waals surface area contributed by atoms with Gasteiger partial charge >= 0.3 is 5.97 Å². The fourth-order valence-corrected chi connectivity index (χ4v) is 3.63. The molecule has 5 heteroatoms. The van der Waals surface area contributed by atoms with Crippen LogP contribution in [0.1, 0.15) is 46.5 Å². The maximum atomic E-state index is 12.0. The number of aromatic carboxylic acids is 1. The molecule has 2 fully saturated rings. The minimum absolute atomic E-state index is 0.0880. The maximum Gasteiger partial charge on any atom is 0.335 e. The van der Waals surface area contributed by atoms with Gasteiger partial charge in [-0.05, 0) is 49.1 Å². The van der Waals surface area contributed by atoms with Gasteiger partial charge in [0.1, 0.15) is 5.69 Å². The summed E-state index contributed by atoms with van der Waals surface area (Å²) >= 11 is 0. The number of carboxylic acid groups (broad SMARTS) is 1. The lowest BCUT2D eigenvalue weighted by Gasteiger charge is -2.21. The van der Waals surface area contributed by atoms with E-state index in [2.05, 4.69) is 10.3 Å². The van der Waals surface area contributed by atoms with Gasteiger partial charge in [-0.2, -0.15) is 0 Å². The van der Waals surface area contributed by atoms with Gasteiger partial charge in [-0.1, -0.05) is 6.42 Å². The lowest BCUT2D eigenvalue weighted by molar-refractivity contribution is 0.0696. The predicted octanol–water partition coefficient (Wildman–Crippen LogP) is 1.95. The summed E-state index contributed by atoms with van der Waals surface area (Å²) in [4.78, 5) is 26.8. The van der Waals surface area contributed by atoms with Gasteiger partial charge in [0.25, 0.3) is 5.91 Å². The molecule has 1 aromatic rings. The van der Waals surface area contributed by atoms with Gasteiger partial charge in [0.2, 0.25) is 0 Å². The van der Waals surface area contributed by atoms with Crippen molar-refractivity contribution in [2.45, 2.75) is 25.7 Å². The first kappa shape index (κ1) is 13.1. The van der Waals surface area contributed by atoms with Crippen LogP contribution in [0.3, 0.4) is 0 Å². The average Bonchev–Trinajstić information content (AvgIpc) is 3.07. The zero-order chi connectivity index (χ0) is 14.1. The molecule has 20 heavy (non-hydrogen) atoms. The number of aromatic nitrogens is 1. The Morgan fingerprint density at radius 3 is 2.85 bits per heavy atom. The molecule has 2 saturated carbocycles. The van der Waals surface area contributed by atoms with E-state index in [0.717, 1.165) is 11.8 Å². The number of nitrogens with zero attached hydrogens (tertiary/aromatic N) is 1. The molecule has 1 amide bonds. The maximum absolute atomic E-state index is 12.0. The largest absolute Gasteiger partial charge is 0.478 e. The molecule has 3 rings (SSSR count). The molecule has 5 nitrogen and oxygen atoms in total. The van der Waals surface area contributed by atoms with E-state index >= 15 is 0 Å². The highest BCUT2D eigenvalue weighted by Gasteiger charge is 2.39. The van der Waals surface area contributed by atoms with Gasteiger partial charge in [-0.3, -0.25) is 9.78 Å². The summed E-state index contributed by atoms with van der Waals surface area (Å²) in [5, 5.41) is 11.8. The van der Waals surface area contributed by atoms with Gasteiger partial charge in [0.15, 0.2) is 0 Å². The molecule has 2 bridgehead atoms. The molecule has 0 aromatic carbocycles. The summed E-state index contributed by atoms with van der Waals surface area (Å²) in [5.74, 6) is 0.875. The van der Waals surface area contributed by atoms with Gasteiger partial charge in [-0.25, -0.2) is 4.79 Å². The molecular weight excluding hydrogens is 256 g/mol. The number of amides is 1. The van der Waals surface area contributed by atoms with Gasteiger partial charge in [0, 0.05) is 12.7 Å². The number of hydrogen-bond acceptors (Lipinski definition) is 3. The van der Waals surface area contributed by atoms with Gasteiger partial charge in [0.05, 0.1) is 5.56 Å². The second-order valence-electron chi connectivity index (χ2n) is 5.88. The molecule has 3 atom stereocenters. The summed E-state index contributed by atoms with van der Waals surface area (Å²) in [6.07, 6.45) is 6.52. The van der Waals surface area contributed by atoms with Crippen molar-refractivity contribution in [3.05, 3.63) is 29.6 Å². The van der Waals surface area contributed by atoms with Crippen molar-refractivity contribution in [2.24, 2.45) is 17.8 Å². The Balaban J connectivity index is 1.59. The standard InChI is InChI=1S/C15H18N2O3/c18-14(13-7-11(15(19)20)3-4-16-13)17-8-12-6-9-1-2-10(12)5-9/h3-4,7,9-10,12H,1-2,5-6,8H2,(H,17,18)(H,19,20). The second-order valence-corrected chi connectivity index (χ2v) is 5.88. The fourth-order valence-electron chi connectivity index (χ4n) is 3.63. The number of fused-ring (bicyclic) bond motifs is 2. The van der Waals surface area contributed by atoms with Crippen molar-refractivity contribution in [3.63, 3.8) is 0 Å². The molecule has 0 spiro atoms. The first-order valence-electron chi connectivity index (χ1n) is 7.11. The van der Waals surface area contributed by atoms with Crippen LogP contribution in [0, 0.1) is 17.8 Å². The van der Waals surface area contributed by atoms with Crippen molar-refractivity contribution in [3.8, 4) is 0 Å². The van der Waals surface area contributed by atoms with Crippen LogP contribution in [0.15, 0.2) is 18.3 Å². The Labute approximate surface area is 117 Å². The summed E-state index contributed by atoms with van der Waals surface area (Å²) in [5.41, 5.74) is 0.262. The number of carbonyl (C=O) groups is 2. The predicted molar refractivity (Wildman–Crippen MR) is 72.5 cm³/mol. The monoisotopic (exact) mass is 274 g/mol. The first-order valence-corrected chi connectivity index (χ1v) is 7.11. The highest BCUT2D eigenvalue weighted by atomic mass is 16.4. The molecule has 3 unspecified atom stereocenters. The highest BCUT2D eigenvalue weighted by Crippen LogP contribution is 2.47. The third kappa shape index (κ3) is 2.53. The molecule has 2 aliphatic rings. The van der Waals surface area contributed by atoms with E-state index in [4.69, 9.17) is 5.11 Å². The SMILES string of the molecule is O=C(O)c1ccnc(C(=O)NCC2CC3CCC2C3)c1. The number of carboxylic acids is 1. The van der Waals surface area contributed by atoms with E-state index in [1.54, 1.807) is 0 Å². The van der Waals surface area contributed by atoms with E-state index in [0.29, 0.717) is 12.5 Å². The minimum Gasteiger partial charge on any atom is -0.478 e. The number of hydrogen-bond donors (Lipinski definition) is 2. The third-order valence-corrected chi connectivity index (χ3v) is 4.65. The Morgan fingerprint density at radius 2 is 2.20 bits per heavy atom. The van der Waals surface area contributed by atoms with E-state index in [1.165, 1.54) is 44.0 Å². The van der Waals surface area contributed by atoms with Crippen LogP contribution in [0.5, 0.6) is 0 Å². The summed E-state index contributed by atoms with van der Waals surface area (Å²) in [7, 11) is 0. The van der Waals surface area contributed by atoms with E-state index in [9.17, 15) is 9.59 Å². The first-order chi connectivity index (χ1) is 9.63. The topological polar surface area (TPSA) is 79.3 Å². The summed E-state index contributed by atoms with van der Waals surface area (Å²) < 4.78 is 0. The number of rotatable bonds is 4. The van der Waals surface area contributed by atoms with Crippen LogP contribution in [-0.4, -0.2) is 28.5 Å². The second kappa shape index (κ2) is 5.23. The van der Waals surface area contributed by atoms with Crippen LogP contribution in [0.4, 0.5) is 0 Å². The molecule has 2 N–H and O–H groups in total. The lowest BCUT2D eigenvalue weighted by Crippen LogP contribution is -2.32. The van der Waals surface area contributed by atoms with Crippen LogP contribution < -0.4 is 5.32 Å². The highest BCUT2D eigenvalue weighted by molar-refractivity contribution is 5.95. The molecule has 0 radical (unpaired) electrons. The van der Waals surface area contributed by atoms with E-state index in [-0.39, 0.29) is 17.2 Å². The smallest absolute Gasteiger partial charge is 0.335 e. The fraction of sp³-hybridized carbons (Fsp3) is 0.533. The average molecular weight is 274 g/mol. The summed E-state index contributed by atoms with van der Waals surface area (Å²) in [6.45, 7) is 0.680. The van der Waals surface area contributed by atoms with Crippen LogP contribution in [0.25, 0.3) is 0 Å². The molecular formula is C15H18N2O3. The lowest BCUT2D eigenvalue weighted by atomic mass is 9.89. The zero-order valence-electron chi connectivity index (χ0n) is 11.2. The number of nitrogens with one attached hydrogen (secondary N) is 1. The molecule has 106 valence electrons. The van der Waals surface area contributed by atoms with Crippen molar-refractivity contribution >= 4 is 11.9 Å². The van der Waals surface area contributed by atoms with Gasteiger partial charge < -0.3 is 10.4 Å². The third-order valence-electron chi connectivity index (χ3n) is 4.65. The minimum atomic E-state index is -1.05. The Morgan fingerprint density at radius 1 is 1.35 bits per heavy atom. The Kier molecular flexibility index (Phi) is 3.42. The van der Waals surface area contributed by atoms with Gasteiger partial charge in [-0.15, -0.1) is 0 Å². The number of carbonyl (C=O) groups excluding carboxylic acids is 1. The zero-order valence-corrected chi connectivity index (χ0v) is 11.2. The van der Waals surface area contributed by atoms with Crippen LogP contribution in [0.2, 0.25) is 0 Å². The van der Waals surface area contributed by atoms with E-state index < -0.39 is 5.97 Å². The molecule has 1 aromatic heterocycles. The van der Waals surface area contributed by atoms with Crippen molar-refractivity contribution in [2.75, 3.05) is 6.54 Å². The Hall–Kier alpha value is -1.91.